The van der Waals surface area contributed by atoms with Gasteiger partial charge in [0, 0.05) is 19.0 Å². The largest absolute Gasteiger partial charge is 0.363 e. The van der Waals surface area contributed by atoms with Crippen LogP contribution in [0.2, 0.25) is 0 Å². The van der Waals surface area contributed by atoms with Gasteiger partial charge in [-0.2, -0.15) is 0 Å². The van der Waals surface area contributed by atoms with Crippen LogP contribution in [0.15, 0.2) is 3.21 Å². The Balaban J connectivity index is 4.44. The van der Waals surface area contributed by atoms with Gasteiger partial charge in [-0.3, -0.25) is 0 Å². The van der Waals surface area contributed by atoms with Crippen molar-refractivity contribution in [2.75, 3.05) is 13.6 Å². The Labute approximate surface area is 83.6 Å². The summed E-state index contributed by atoms with van der Waals surface area (Å²) < 4.78 is 4.24. The molecule has 0 saturated heterocycles. The third-order valence-electron chi connectivity index (χ3n) is 1.59. The van der Waals surface area contributed by atoms with E-state index >= 15 is 0 Å². The average molecular weight is 268 g/mol. The van der Waals surface area contributed by atoms with E-state index in [1.165, 1.54) is 0 Å². The second-order valence-electron chi connectivity index (χ2n) is 3.67. The second-order valence-corrected chi connectivity index (χ2v) is 4.15. The van der Waals surface area contributed by atoms with Crippen molar-refractivity contribution in [3.63, 3.8) is 0 Å². The van der Waals surface area contributed by atoms with E-state index in [1.54, 1.807) is 0 Å². The molecule has 0 aliphatic rings. The molecule has 0 radical (unpaired) electrons. The summed E-state index contributed by atoms with van der Waals surface area (Å²) in [5.41, 5.74) is 0.159. The lowest BCUT2D eigenvalue weighted by Gasteiger charge is -2.28. The first-order valence-electron chi connectivity index (χ1n) is 3.84. The van der Waals surface area contributed by atoms with Crippen LogP contribution in [0.25, 0.3) is 0 Å². The van der Waals surface area contributed by atoms with Crippen molar-refractivity contribution in [3.05, 3.63) is 0 Å². The lowest BCUT2D eigenvalue weighted by Crippen LogP contribution is -2.36. The highest BCUT2D eigenvalue weighted by molar-refractivity contribution is 14.1. The molecule has 2 nitrogen and oxygen atoms in total. The quantitative estimate of drug-likeness (QED) is 0.405. The summed E-state index contributed by atoms with van der Waals surface area (Å²) in [5, 5.41) is 0. The van der Waals surface area contributed by atoms with Crippen LogP contribution in [-0.2, 0) is 0 Å². The molecule has 0 unspecified atom stereocenters. The van der Waals surface area contributed by atoms with Gasteiger partial charge >= 0.3 is 0 Å². The fourth-order valence-electron chi connectivity index (χ4n) is 0.914. The summed E-state index contributed by atoms with van der Waals surface area (Å²) >= 11 is 2.06. The topological polar surface area (TPSA) is 15.6 Å². The van der Waals surface area contributed by atoms with E-state index in [-0.39, 0.29) is 5.41 Å². The summed E-state index contributed by atoms with van der Waals surface area (Å²) in [4.78, 5) is 2.17. The molecule has 0 saturated carbocycles. The standard InChI is InChI=1S/C8H17IN2/c1-6-11(5)7(10-9)8(2,3)4/h6H2,1-5H3/b10-7-. The molecule has 0 bridgehead atoms. The molecule has 0 aromatic rings. The van der Waals surface area contributed by atoms with E-state index in [0.717, 1.165) is 12.4 Å². The van der Waals surface area contributed by atoms with Crippen molar-refractivity contribution in [3.8, 4) is 0 Å². The average Bonchev–Trinajstić information content (AvgIpc) is 1.86. The SMILES string of the molecule is CCN(C)/C(=N\I)C(C)(C)C. The van der Waals surface area contributed by atoms with Gasteiger partial charge in [0.15, 0.2) is 0 Å². The number of hydrogen-bond acceptors (Lipinski definition) is 1. The molecule has 0 spiro atoms. The number of nitrogens with zero attached hydrogens (tertiary/aromatic N) is 2. The van der Waals surface area contributed by atoms with E-state index in [1.807, 2.05) is 0 Å². The van der Waals surface area contributed by atoms with Crippen LogP contribution < -0.4 is 0 Å². The molecule has 0 amide bonds. The van der Waals surface area contributed by atoms with Crippen molar-refractivity contribution in [1.82, 2.24) is 4.90 Å². The van der Waals surface area contributed by atoms with Crippen LogP contribution in [0, 0.1) is 5.41 Å². The molecule has 0 atom stereocenters. The van der Waals surface area contributed by atoms with E-state index in [0.29, 0.717) is 0 Å². The van der Waals surface area contributed by atoms with E-state index < -0.39 is 0 Å². The molecule has 0 aliphatic heterocycles. The maximum Gasteiger partial charge on any atom is 0.116 e. The van der Waals surface area contributed by atoms with Gasteiger partial charge in [-0.05, 0) is 6.92 Å². The Morgan fingerprint density at radius 2 is 1.91 bits per heavy atom. The zero-order chi connectivity index (χ0) is 9.07. The number of amidine groups is 1. The third-order valence-corrected chi connectivity index (χ3v) is 2.04. The summed E-state index contributed by atoms with van der Waals surface area (Å²) in [6, 6.07) is 0. The molecule has 0 aromatic carbocycles. The molecular formula is C8H17IN2. The molecule has 0 aliphatic carbocycles. The molecular weight excluding hydrogens is 251 g/mol. The zero-order valence-corrected chi connectivity index (χ0v) is 10.1. The first-order chi connectivity index (χ1) is 4.93. The maximum absolute atomic E-state index is 4.24. The minimum atomic E-state index is 0.159. The number of rotatable bonds is 1. The van der Waals surface area contributed by atoms with Crippen molar-refractivity contribution in [2.45, 2.75) is 27.7 Å². The first-order valence-corrected chi connectivity index (χ1v) is 4.80. The predicted octanol–water partition coefficient (Wildman–Crippen LogP) is 2.73. The molecule has 0 aromatic heterocycles. The smallest absolute Gasteiger partial charge is 0.116 e. The predicted molar refractivity (Wildman–Crippen MR) is 59.2 cm³/mol. The third kappa shape index (κ3) is 3.40. The monoisotopic (exact) mass is 268 g/mol. The molecule has 3 heteroatoms. The van der Waals surface area contributed by atoms with Crippen LogP contribution in [0.5, 0.6) is 0 Å². The van der Waals surface area contributed by atoms with Crippen LogP contribution in [0.4, 0.5) is 0 Å². The summed E-state index contributed by atoms with van der Waals surface area (Å²) in [6.07, 6.45) is 0. The highest BCUT2D eigenvalue weighted by atomic mass is 127. The van der Waals surface area contributed by atoms with Gasteiger partial charge in [0.05, 0.1) is 22.9 Å². The Morgan fingerprint density at radius 3 is 2.00 bits per heavy atom. The fourth-order valence-corrected chi connectivity index (χ4v) is 2.01. The van der Waals surface area contributed by atoms with E-state index in [9.17, 15) is 0 Å². The molecule has 11 heavy (non-hydrogen) atoms. The van der Waals surface area contributed by atoms with Gasteiger partial charge in [-0.25, -0.2) is 3.21 Å². The minimum absolute atomic E-state index is 0.159. The lowest BCUT2D eigenvalue weighted by molar-refractivity contribution is 0.445. The first kappa shape index (κ1) is 11.2. The Hall–Kier alpha value is 0.200. The molecule has 0 N–H and O–H groups in total. The van der Waals surface area contributed by atoms with Gasteiger partial charge < -0.3 is 4.90 Å². The maximum atomic E-state index is 4.24. The van der Waals surface area contributed by atoms with Crippen molar-refractivity contribution >= 4 is 28.7 Å². The Bertz CT molecular complexity index is 147. The van der Waals surface area contributed by atoms with E-state index in [4.69, 9.17) is 0 Å². The Morgan fingerprint density at radius 1 is 1.45 bits per heavy atom. The number of halogens is 1. The van der Waals surface area contributed by atoms with Crippen LogP contribution in [0.1, 0.15) is 27.7 Å². The van der Waals surface area contributed by atoms with Crippen LogP contribution >= 0.6 is 22.9 Å². The zero-order valence-electron chi connectivity index (χ0n) is 7.98. The molecule has 0 fully saturated rings. The van der Waals surface area contributed by atoms with Crippen molar-refractivity contribution in [2.24, 2.45) is 8.62 Å². The summed E-state index contributed by atoms with van der Waals surface area (Å²) in [6.45, 7) is 9.68. The normalized spacial score (nSPS) is 13.5. The van der Waals surface area contributed by atoms with Crippen LogP contribution in [-0.4, -0.2) is 24.3 Å². The lowest BCUT2D eigenvalue weighted by atomic mass is 9.94. The summed E-state index contributed by atoms with van der Waals surface area (Å²) in [5.74, 6) is 1.15. The highest BCUT2D eigenvalue weighted by Crippen LogP contribution is 2.19. The second kappa shape index (κ2) is 4.28. The van der Waals surface area contributed by atoms with Gasteiger partial charge in [-0.1, -0.05) is 20.8 Å². The van der Waals surface area contributed by atoms with Gasteiger partial charge in [0.2, 0.25) is 0 Å². The van der Waals surface area contributed by atoms with Crippen molar-refractivity contribution < 1.29 is 0 Å². The summed E-state index contributed by atoms with van der Waals surface area (Å²) in [7, 11) is 2.07. The van der Waals surface area contributed by atoms with E-state index in [2.05, 4.69) is 65.7 Å². The number of hydrogen-bond donors (Lipinski definition) is 0. The fraction of sp³-hybridized carbons (Fsp3) is 0.875. The van der Waals surface area contributed by atoms with Gasteiger partial charge in [-0.15, -0.1) is 0 Å². The molecule has 0 heterocycles. The van der Waals surface area contributed by atoms with Gasteiger partial charge in [0.25, 0.3) is 0 Å². The van der Waals surface area contributed by atoms with Crippen LogP contribution in [0.3, 0.4) is 0 Å². The molecule has 66 valence electrons. The highest BCUT2D eigenvalue weighted by Gasteiger charge is 2.21. The Kier molecular flexibility index (Phi) is 4.36. The van der Waals surface area contributed by atoms with Crippen molar-refractivity contribution in [1.29, 1.82) is 0 Å². The minimum Gasteiger partial charge on any atom is -0.363 e. The van der Waals surface area contributed by atoms with Gasteiger partial charge in [0.1, 0.15) is 5.84 Å². The molecule has 0 rings (SSSR count).